The van der Waals surface area contributed by atoms with Gasteiger partial charge in [-0.1, -0.05) is 23.7 Å². The first-order valence-electron chi connectivity index (χ1n) is 7.86. The molecular weight excluding hydrogens is 355 g/mol. The van der Waals surface area contributed by atoms with Crippen molar-refractivity contribution in [2.45, 2.75) is 6.92 Å². The van der Waals surface area contributed by atoms with Gasteiger partial charge in [0.05, 0.1) is 33.8 Å². The van der Waals surface area contributed by atoms with Gasteiger partial charge < -0.3 is 14.7 Å². The summed E-state index contributed by atoms with van der Waals surface area (Å²) in [5, 5.41) is 10.3. The molecule has 7 heteroatoms. The van der Waals surface area contributed by atoms with Crippen molar-refractivity contribution in [2.75, 3.05) is 0 Å². The predicted molar refractivity (Wildman–Crippen MR) is 100.0 cm³/mol. The number of nitrogens with one attached hydrogen (secondary N) is 1. The second-order valence-electron chi connectivity index (χ2n) is 5.91. The molecule has 0 radical (unpaired) electrons. The molecule has 2 aromatic heterocycles. The molecule has 26 heavy (non-hydrogen) atoms. The average Bonchev–Trinajstić information content (AvgIpc) is 3.19. The smallest absolute Gasteiger partial charge is 0.144 e. The van der Waals surface area contributed by atoms with Crippen LogP contribution >= 0.6 is 11.6 Å². The van der Waals surface area contributed by atoms with Gasteiger partial charge in [0.15, 0.2) is 0 Å². The van der Waals surface area contributed by atoms with Crippen molar-refractivity contribution in [1.82, 2.24) is 19.5 Å². The normalized spacial score (nSPS) is 11.7. The van der Waals surface area contributed by atoms with E-state index in [9.17, 15) is 9.50 Å². The van der Waals surface area contributed by atoms with Crippen molar-refractivity contribution in [2.24, 2.45) is 0 Å². The molecule has 4 rings (SSSR count). The van der Waals surface area contributed by atoms with Crippen LogP contribution in [0.1, 0.15) is 17.1 Å². The van der Waals surface area contributed by atoms with Crippen LogP contribution in [0.15, 0.2) is 42.9 Å². The highest BCUT2D eigenvalue weighted by Gasteiger charge is 2.07. The van der Waals surface area contributed by atoms with Crippen molar-refractivity contribution < 1.29 is 9.50 Å². The van der Waals surface area contributed by atoms with E-state index in [2.05, 4.69) is 15.0 Å². The number of H-pyrrole nitrogens is 1. The zero-order valence-electron chi connectivity index (χ0n) is 13.7. The molecule has 0 unspecified atom stereocenters. The molecule has 2 heterocycles. The first-order chi connectivity index (χ1) is 12.5. The van der Waals surface area contributed by atoms with Crippen LogP contribution in [0.2, 0.25) is 5.02 Å². The number of aryl methyl sites for hydroxylation is 1. The van der Waals surface area contributed by atoms with Crippen molar-refractivity contribution in [3.05, 3.63) is 70.8 Å². The maximum atomic E-state index is 13.5. The highest BCUT2D eigenvalue weighted by molar-refractivity contribution is 6.31. The van der Waals surface area contributed by atoms with Crippen LogP contribution in [0, 0.1) is 12.7 Å². The second-order valence-corrected chi connectivity index (χ2v) is 6.32. The number of fused-ring (bicyclic) bond motifs is 1. The fourth-order valence-corrected chi connectivity index (χ4v) is 2.85. The summed E-state index contributed by atoms with van der Waals surface area (Å²) in [4.78, 5) is 11.5. The molecule has 0 atom stereocenters. The number of phenolic OH excluding ortho intramolecular Hbond substituents is 1. The molecule has 5 nitrogen and oxygen atoms in total. The van der Waals surface area contributed by atoms with E-state index in [1.807, 2.05) is 25.3 Å². The summed E-state index contributed by atoms with van der Waals surface area (Å²) in [5.41, 5.74) is 3.48. The van der Waals surface area contributed by atoms with Crippen LogP contribution in [-0.4, -0.2) is 24.6 Å². The standard InChI is InChI=1S/C19H14ClFN4O/c1-11-9-25(10-22-11)17-4-2-12(6-18(17)26)3-5-19-23-15-7-13(20)14(21)8-16(15)24-19/h2-10,26H,1H3,(H,23,24). The summed E-state index contributed by atoms with van der Waals surface area (Å²) in [6.45, 7) is 1.89. The van der Waals surface area contributed by atoms with Gasteiger partial charge in [0.1, 0.15) is 17.4 Å². The van der Waals surface area contributed by atoms with E-state index in [0.717, 1.165) is 11.3 Å². The lowest BCUT2D eigenvalue weighted by Gasteiger charge is -2.05. The molecule has 0 bridgehead atoms. The summed E-state index contributed by atoms with van der Waals surface area (Å²) in [5.74, 6) is 0.215. The SMILES string of the molecule is Cc1cn(-c2ccc(C=Cc3nc4cc(Cl)c(F)cc4[nH]3)cc2O)cn1. The fraction of sp³-hybridized carbons (Fsp3) is 0.0526. The third-order valence-corrected chi connectivity index (χ3v) is 4.25. The van der Waals surface area contributed by atoms with E-state index in [-0.39, 0.29) is 10.8 Å². The van der Waals surface area contributed by atoms with Gasteiger partial charge in [0.25, 0.3) is 0 Å². The topological polar surface area (TPSA) is 66.7 Å². The molecule has 0 fully saturated rings. The predicted octanol–water partition coefficient (Wildman–Crippen LogP) is 4.73. The van der Waals surface area contributed by atoms with Crippen LogP contribution in [0.3, 0.4) is 0 Å². The third-order valence-electron chi connectivity index (χ3n) is 3.97. The average molecular weight is 369 g/mol. The maximum absolute atomic E-state index is 13.5. The molecule has 0 saturated carbocycles. The van der Waals surface area contributed by atoms with E-state index in [1.165, 1.54) is 12.1 Å². The van der Waals surface area contributed by atoms with Gasteiger partial charge in [0, 0.05) is 12.3 Å². The molecule has 0 saturated heterocycles. The van der Waals surface area contributed by atoms with Crippen LogP contribution in [0.25, 0.3) is 28.9 Å². The molecule has 0 aliphatic rings. The number of phenols is 1. The molecular formula is C19H14ClFN4O. The minimum absolute atomic E-state index is 0.0368. The Balaban J connectivity index is 1.61. The number of aromatic nitrogens is 4. The summed E-state index contributed by atoms with van der Waals surface area (Å²) < 4.78 is 15.3. The Kier molecular flexibility index (Phi) is 3.97. The quantitative estimate of drug-likeness (QED) is 0.549. The summed E-state index contributed by atoms with van der Waals surface area (Å²) in [6, 6.07) is 8.13. The van der Waals surface area contributed by atoms with Crippen molar-refractivity contribution in [1.29, 1.82) is 0 Å². The number of hydrogen-bond acceptors (Lipinski definition) is 3. The fourth-order valence-electron chi connectivity index (χ4n) is 2.69. The molecule has 0 aliphatic heterocycles. The largest absolute Gasteiger partial charge is 0.506 e. The van der Waals surface area contributed by atoms with E-state index in [4.69, 9.17) is 11.6 Å². The summed E-state index contributed by atoms with van der Waals surface area (Å²) in [7, 11) is 0. The van der Waals surface area contributed by atoms with Crippen LogP contribution in [0.5, 0.6) is 5.75 Å². The van der Waals surface area contributed by atoms with E-state index in [1.54, 1.807) is 29.1 Å². The zero-order valence-corrected chi connectivity index (χ0v) is 14.5. The molecule has 130 valence electrons. The maximum Gasteiger partial charge on any atom is 0.144 e. The highest BCUT2D eigenvalue weighted by Crippen LogP contribution is 2.25. The highest BCUT2D eigenvalue weighted by atomic mass is 35.5. The lowest BCUT2D eigenvalue weighted by molar-refractivity contribution is 0.472. The van der Waals surface area contributed by atoms with E-state index < -0.39 is 5.82 Å². The summed E-state index contributed by atoms with van der Waals surface area (Å²) >= 11 is 5.77. The van der Waals surface area contributed by atoms with Gasteiger partial charge in [-0.05, 0) is 36.8 Å². The van der Waals surface area contributed by atoms with Crippen LogP contribution in [-0.2, 0) is 0 Å². The number of hydrogen-bond donors (Lipinski definition) is 2. The summed E-state index contributed by atoms with van der Waals surface area (Å²) in [6.07, 6.45) is 7.04. The minimum atomic E-state index is -0.492. The Morgan fingerprint density at radius 3 is 2.81 bits per heavy atom. The van der Waals surface area contributed by atoms with Gasteiger partial charge in [0.2, 0.25) is 0 Å². The van der Waals surface area contributed by atoms with Gasteiger partial charge in [-0.15, -0.1) is 0 Å². The molecule has 0 amide bonds. The first kappa shape index (κ1) is 16.4. The Morgan fingerprint density at radius 1 is 1.23 bits per heavy atom. The molecule has 0 aliphatic carbocycles. The third kappa shape index (κ3) is 3.07. The molecule has 0 spiro atoms. The van der Waals surface area contributed by atoms with E-state index >= 15 is 0 Å². The number of nitrogens with zero attached hydrogens (tertiary/aromatic N) is 3. The number of rotatable bonds is 3. The monoisotopic (exact) mass is 368 g/mol. The number of halogens is 2. The second kappa shape index (κ2) is 6.31. The lowest BCUT2D eigenvalue weighted by Crippen LogP contribution is -1.90. The van der Waals surface area contributed by atoms with Gasteiger partial charge in [-0.3, -0.25) is 0 Å². The number of aromatic amines is 1. The molecule has 2 N–H and O–H groups in total. The Morgan fingerprint density at radius 2 is 2.08 bits per heavy atom. The van der Waals surface area contributed by atoms with Gasteiger partial charge in [-0.2, -0.15) is 0 Å². The van der Waals surface area contributed by atoms with Crippen molar-refractivity contribution in [3.63, 3.8) is 0 Å². The van der Waals surface area contributed by atoms with E-state index in [0.29, 0.717) is 22.5 Å². The molecule has 2 aromatic carbocycles. The Hall–Kier alpha value is -3.12. The first-order valence-corrected chi connectivity index (χ1v) is 8.24. The number of benzene rings is 2. The van der Waals surface area contributed by atoms with Crippen molar-refractivity contribution in [3.8, 4) is 11.4 Å². The Bertz CT molecular complexity index is 1110. The number of imidazole rings is 2. The van der Waals surface area contributed by atoms with Gasteiger partial charge in [-0.25, -0.2) is 14.4 Å². The molecule has 4 aromatic rings. The van der Waals surface area contributed by atoms with Gasteiger partial charge >= 0.3 is 0 Å². The lowest BCUT2D eigenvalue weighted by atomic mass is 10.1. The van der Waals surface area contributed by atoms with Crippen LogP contribution in [0.4, 0.5) is 4.39 Å². The van der Waals surface area contributed by atoms with Crippen LogP contribution < -0.4 is 0 Å². The number of aromatic hydroxyl groups is 1. The Labute approximate surface area is 153 Å². The minimum Gasteiger partial charge on any atom is -0.506 e. The zero-order chi connectivity index (χ0) is 18.3. The van der Waals surface area contributed by atoms with Crippen molar-refractivity contribution >= 4 is 34.8 Å².